The van der Waals surface area contributed by atoms with E-state index in [0.29, 0.717) is 28.7 Å². The molecule has 0 aromatic carbocycles. The number of hydrogen-bond acceptors (Lipinski definition) is 7. The Morgan fingerprint density at radius 2 is 1.90 bits per heavy atom. The van der Waals surface area contributed by atoms with Gasteiger partial charge in [0.25, 0.3) is 5.91 Å². The number of ketones is 1. The maximum atomic E-state index is 12.3. The standard InChI is InChI=1S/C21H27NO6S/c1-4-27-21(26)18-11(2)19(12(3)23)29-20(18)22-16(24)10-28-17(25)9-15-8-13-5-6-14(15)7-13/h13-15H,4-10H2,1-3H3,(H,22,24)/t13-,14-,15-/m1/s1. The molecule has 0 radical (unpaired) electrons. The number of thiophene rings is 1. The summed E-state index contributed by atoms with van der Waals surface area (Å²) < 4.78 is 10.2. The van der Waals surface area contributed by atoms with Crippen molar-refractivity contribution >= 4 is 40.0 Å². The van der Waals surface area contributed by atoms with E-state index in [2.05, 4.69) is 5.32 Å². The van der Waals surface area contributed by atoms with Crippen LogP contribution in [0.4, 0.5) is 5.00 Å². The number of hydrogen-bond donors (Lipinski definition) is 1. The molecule has 8 heteroatoms. The van der Waals surface area contributed by atoms with Gasteiger partial charge in [-0.1, -0.05) is 6.42 Å². The van der Waals surface area contributed by atoms with Gasteiger partial charge in [-0.2, -0.15) is 0 Å². The molecule has 3 atom stereocenters. The normalized spacial score (nSPS) is 22.4. The summed E-state index contributed by atoms with van der Waals surface area (Å²) in [5.74, 6) is 0.0294. The van der Waals surface area contributed by atoms with Gasteiger partial charge in [0, 0.05) is 6.42 Å². The Morgan fingerprint density at radius 1 is 1.14 bits per heavy atom. The van der Waals surface area contributed by atoms with Gasteiger partial charge in [0.15, 0.2) is 12.4 Å². The fourth-order valence-corrected chi connectivity index (χ4v) is 5.70. The van der Waals surface area contributed by atoms with Crippen molar-refractivity contribution in [2.24, 2.45) is 17.8 Å². The van der Waals surface area contributed by atoms with Gasteiger partial charge in [-0.05, 0) is 63.4 Å². The summed E-state index contributed by atoms with van der Waals surface area (Å²) in [7, 11) is 0. The minimum absolute atomic E-state index is 0.170. The zero-order valence-corrected chi connectivity index (χ0v) is 17.9. The van der Waals surface area contributed by atoms with E-state index < -0.39 is 18.5 Å². The van der Waals surface area contributed by atoms with Gasteiger partial charge in [0.05, 0.1) is 17.0 Å². The molecule has 2 bridgehead atoms. The second-order valence-electron chi connectivity index (χ2n) is 7.88. The lowest BCUT2D eigenvalue weighted by atomic mass is 9.86. The molecule has 0 saturated heterocycles. The summed E-state index contributed by atoms with van der Waals surface area (Å²) >= 11 is 1.02. The Balaban J connectivity index is 1.58. The van der Waals surface area contributed by atoms with Crippen molar-refractivity contribution < 1.29 is 28.7 Å². The molecule has 2 aliphatic rings. The fourth-order valence-electron chi connectivity index (χ4n) is 4.59. The minimum Gasteiger partial charge on any atom is -0.462 e. The topological polar surface area (TPSA) is 98.8 Å². The first kappa shape index (κ1) is 21.5. The van der Waals surface area contributed by atoms with Gasteiger partial charge in [0.2, 0.25) is 0 Å². The van der Waals surface area contributed by atoms with Crippen molar-refractivity contribution in [3.05, 3.63) is 16.0 Å². The third-order valence-electron chi connectivity index (χ3n) is 5.88. The first-order chi connectivity index (χ1) is 13.8. The maximum absolute atomic E-state index is 12.3. The van der Waals surface area contributed by atoms with Crippen LogP contribution in [0.3, 0.4) is 0 Å². The second kappa shape index (κ2) is 9.07. The number of anilines is 1. The van der Waals surface area contributed by atoms with Crippen LogP contribution in [-0.2, 0) is 19.1 Å². The average molecular weight is 422 g/mol. The molecule has 1 aromatic rings. The van der Waals surface area contributed by atoms with Crippen LogP contribution in [0.1, 0.15) is 71.5 Å². The van der Waals surface area contributed by atoms with E-state index in [1.807, 2.05) is 0 Å². The second-order valence-corrected chi connectivity index (χ2v) is 8.91. The molecule has 0 unspecified atom stereocenters. The zero-order valence-electron chi connectivity index (χ0n) is 17.0. The number of fused-ring (bicyclic) bond motifs is 2. The molecule has 1 aromatic heterocycles. The van der Waals surface area contributed by atoms with Crippen molar-refractivity contribution in [2.45, 2.75) is 52.9 Å². The summed E-state index contributed by atoms with van der Waals surface area (Å²) in [5.41, 5.74) is 0.647. The Kier molecular flexibility index (Phi) is 6.72. The van der Waals surface area contributed by atoms with E-state index in [1.165, 1.54) is 26.2 Å². The lowest BCUT2D eigenvalue weighted by Gasteiger charge is -2.20. The Labute approximate surface area is 174 Å². The van der Waals surface area contributed by atoms with Crippen LogP contribution in [0.15, 0.2) is 0 Å². The van der Waals surface area contributed by atoms with Gasteiger partial charge < -0.3 is 14.8 Å². The van der Waals surface area contributed by atoms with E-state index in [1.54, 1.807) is 13.8 Å². The lowest BCUT2D eigenvalue weighted by molar-refractivity contribution is -0.148. The summed E-state index contributed by atoms with van der Waals surface area (Å²) in [6.45, 7) is 4.48. The largest absolute Gasteiger partial charge is 0.462 e. The van der Waals surface area contributed by atoms with Gasteiger partial charge in [-0.3, -0.25) is 14.4 Å². The van der Waals surface area contributed by atoms with Crippen LogP contribution in [0.5, 0.6) is 0 Å². The van der Waals surface area contributed by atoms with Crippen LogP contribution >= 0.6 is 11.3 Å². The number of carbonyl (C=O) groups is 4. The molecule has 0 aliphatic heterocycles. The highest BCUT2D eigenvalue weighted by atomic mass is 32.1. The van der Waals surface area contributed by atoms with E-state index in [4.69, 9.17) is 9.47 Å². The van der Waals surface area contributed by atoms with Crippen molar-refractivity contribution in [3.63, 3.8) is 0 Å². The third kappa shape index (κ3) is 4.86. The fraction of sp³-hybridized carbons (Fsp3) is 0.619. The van der Waals surface area contributed by atoms with Crippen LogP contribution in [0, 0.1) is 24.7 Å². The molecule has 7 nitrogen and oxygen atoms in total. The summed E-state index contributed by atoms with van der Waals surface area (Å²) in [6, 6.07) is 0. The number of carbonyl (C=O) groups excluding carboxylic acids is 4. The molecule has 2 saturated carbocycles. The molecular formula is C21H27NO6S. The van der Waals surface area contributed by atoms with E-state index >= 15 is 0 Å². The predicted molar refractivity (Wildman–Crippen MR) is 108 cm³/mol. The molecular weight excluding hydrogens is 394 g/mol. The van der Waals surface area contributed by atoms with Crippen molar-refractivity contribution in [3.8, 4) is 0 Å². The molecule has 1 N–H and O–H groups in total. The number of rotatable bonds is 8. The number of nitrogens with one attached hydrogen (secondary N) is 1. The molecule has 158 valence electrons. The summed E-state index contributed by atoms with van der Waals surface area (Å²) in [4.78, 5) is 48.9. The van der Waals surface area contributed by atoms with Gasteiger partial charge in [-0.25, -0.2) is 4.79 Å². The van der Waals surface area contributed by atoms with Gasteiger partial charge >= 0.3 is 11.9 Å². The molecule has 1 amide bonds. The molecule has 2 aliphatic carbocycles. The smallest absolute Gasteiger partial charge is 0.341 e. The van der Waals surface area contributed by atoms with E-state index in [0.717, 1.165) is 23.7 Å². The van der Waals surface area contributed by atoms with Crippen LogP contribution in [-0.4, -0.2) is 36.8 Å². The first-order valence-corrected chi connectivity index (χ1v) is 10.9. The Morgan fingerprint density at radius 3 is 2.48 bits per heavy atom. The highest BCUT2D eigenvalue weighted by Gasteiger charge is 2.40. The number of Topliss-reactive ketones (excluding diaryl/α,β-unsaturated/α-hetero) is 1. The monoisotopic (exact) mass is 421 g/mol. The van der Waals surface area contributed by atoms with Gasteiger partial charge in [0.1, 0.15) is 5.00 Å². The highest BCUT2D eigenvalue weighted by molar-refractivity contribution is 7.18. The molecule has 29 heavy (non-hydrogen) atoms. The number of ether oxygens (including phenoxy) is 2. The summed E-state index contributed by atoms with van der Waals surface area (Å²) in [5, 5.41) is 2.83. The van der Waals surface area contributed by atoms with Crippen LogP contribution in [0.2, 0.25) is 0 Å². The Bertz CT molecular complexity index is 829. The minimum atomic E-state index is -0.600. The van der Waals surface area contributed by atoms with Gasteiger partial charge in [-0.15, -0.1) is 11.3 Å². The average Bonchev–Trinajstić information content (AvgIpc) is 3.34. The lowest BCUT2D eigenvalue weighted by Crippen LogP contribution is -2.23. The molecule has 1 heterocycles. The maximum Gasteiger partial charge on any atom is 0.341 e. The predicted octanol–water partition coefficient (Wildman–Crippen LogP) is 3.74. The molecule has 2 fully saturated rings. The molecule has 0 spiro atoms. The van der Waals surface area contributed by atoms with Crippen LogP contribution < -0.4 is 5.32 Å². The zero-order chi connectivity index (χ0) is 21.1. The number of esters is 2. The Hall–Kier alpha value is -2.22. The third-order valence-corrected chi connectivity index (χ3v) is 7.18. The highest BCUT2D eigenvalue weighted by Crippen LogP contribution is 2.49. The van der Waals surface area contributed by atoms with E-state index in [-0.39, 0.29) is 28.9 Å². The first-order valence-electron chi connectivity index (χ1n) is 10.1. The van der Waals surface area contributed by atoms with Crippen molar-refractivity contribution in [2.75, 3.05) is 18.5 Å². The van der Waals surface area contributed by atoms with Crippen molar-refractivity contribution in [1.82, 2.24) is 0 Å². The quantitative estimate of drug-likeness (QED) is 0.507. The summed E-state index contributed by atoms with van der Waals surface area (Å²) in [6.07, 6.45) is 5.11. The van der Waals surface area contributed by atoms with Crippen molar-refractivity contribution in [1.29, 1.82) is 0 Å². The SMILES string of the molecule is CCOC(=O)c1c(NC(=O)COC(=O)C[C@H]2C[C@@H]3CC[C@@H]2C3)sc(C(C)=O)c1C. The molecule has 3 rings (SSSR count). The van der Waals surface area contributed by atoms with E-state index in [9.17, 15) is 19.2 Å². The number of amides is 1. The van der Waals surface area contributed by atoms with Crippen LogP contribution in [0.25, 0.3) is 0 Å².